The SMILES string of the molecule is COC1(C)C=NN=N1. The fourth-order valence-corrected chi connectivity index (χ4v) is 0.367. The van der Waals surface area contributed by atoms with Crippen molar-refractivity contribution in [2.24, 2.45) is 15.4 Å². The third-order valence-electron chi connectivity index (χ3n) is 1.01. The van der Waals surface area contributed by atoms with Gasteiger partial charge in [0.25, 0.3) is 0 Å². The summed E-state index contributed by atoms with van der Waals surface area (Å²) in [6, 6.07) is 0. The highest BCUT2D eigenvalue weighted by molar-refractivity contribution is 5.68. The van der Waals surface area contributed by atoms with Crippen molar-refractivity contribution in [2.45, 2.75) is 12.6 Å². The molecule has 0 N–H and O–H groups in total. The highest BCUT2D eigenvalue weighted by Gasteiger charge is 2.22. The van der Waals surface area contributed by atoms with Gasteiger partial charge in [0.1, 0.15) is 0 Å². The fourth-order valence-electron chi connectivity index (χ4n) is 0.367. The Bertz CT molecular complexity index is 128. The molecule has 1 atom stereocenters. The van der Waals surface area contributed by atoms with Crippen LogP contribution in [0.3, 0.4) is 0 Å². The van der Waals surface area contributed by atoms with Crippen molar-refractivity contribution in [3.05, 3.63) is 0 Å². The zero-order valence-electron chi connectivity index (χ0n) is 4.83. The topological polar surface area (TPSA) is 46.3 Å². The van der Waals surface area contributed by atoms with E-state index in [-0.39, 0.29) is 0 Å². The van der Waals surface area contributed by atoms with Crippen LogP contribution in [0.5, 0.6) is 0 Å². The Kier molecular flexibility index (Phi) is 1.09. The summed E-state index contributed by atoms with van der Waals surface area (Å²) in [5.74, 6) is 0. The molecule has 4 nitrogen and oxygen atoms in total. The first kappa shape index (κ1) is 5.37. The molecule has 0 aromatic carbocycles. The van der Waals surface area contributed by atoms with Gasteiger partial charge in [-0.2, -0.15) is 0 Å². The molecule has 0 fully saturated rings. The van der Waals surface area contributed by atoms with Crippen LogP contribution in [-0.4, -0.2) is 19.0 Å². The second-order valence-electron chi connectivity index (χ2n) is 1.69. The minimum atomic E-state index is -0.597. The summed E-state index contributed by atoms with van der Waals surface area (Å²) in [7, 11) is 1.57. The van der Waals surface area contributed by atoms with Crippen LogP contribution < -0.4 is 0 Å². The molecule has 0 bridgehead atoms. The lowest BCUT2D eigenvalue weighted by Gasteiger charge is -2.10. The summed E-state index contributed by atoms with van der Waals surface area (Å²) >= 11 is 0. The molecule has 1 rings (SSSR count). The lowest BCUT2D eigenvalue weighted by atomic mass is 10.3. The standard InChI is InChI=1S/C4H7N3O/c1-4(8-2)3-5-7-6-4/h3H,1-2H3. The predicted molar refractivity (Wildman–Crippen MR) is 28.8 cm³/mol. The van der Waals surface area contributed by atoms with Crippen LogP contribution in [0.2, 0.25) is 0 Å². The first-order valence-corrected chi connectivity index (χ1v) is 2.28. The molecule has 0 saturated carbocycles. The first-order chi connectivity index (χ1) is 3.77. The monoisotopic (exact) mass is 113 g/mol. The summed E-state index contributed by atoms with van der Waals surface area (Å²) in [4.78, 5) is 0. The molecule has 0 spiro atoms. The lowest BCUT2D eigenvalue weighted by Crippen LogP contribution is -2.23. The third-order valence-corrected chi connectivity index (χ3v) is 1.01. The van der Waals surface area contributed by atoms with Gasteiger partial charge in [-0.15, -0.1) is 10.2 Å². The molecular weight excluding hydrogens is 106 g/mol. The van der Waals surface area contributed by atoms with E-state index in [4.69, 9.17) is 4.74 Å². The van der Waals surface area contributed by atoms with Crippen LogP contribution >= 0.6 is 0 Å². The van der Waals surface area contributed by atoms with Crippen molar-refractivity contribution in [3.8, 4) is 0 Å². The molecule has 0 saturated heterocycles. The summed E-state index contributed by atoms with van der Waals surface area (Å²) in [5, 5.41) is 10.6. The number of nitrogens with zero attached hydrogens (tertiary/aromatic N) is 3. The largest absolute Gasteiger partial charge is 0.351 e. The van der Waals surface area contributed by atoms with Crippen molar-refractivity contribution in [1.29, 1.82) is 0 Å². The second kappa shape index (κ2) is 1.63. The van der Waals surface area contributed by atoms with Gasteiger partial charge in [-0.1, -0.05) is 0 Å². The van der Waals surface area contributed by atoms with Crippen molar-refractivity contribution < 1.29 is 4.74 Å². The van der Waals surface area contributed by atoms with Gasteiger partial charge in [-0.05, 0) is 12.1 Å². The molecule has 0 radical (unpaired) electrons. The van der Waals surface area contributed by atoms with Crippen molar-refractivity contribution in [3.63, 3.8) is 0 Å². The summed E-state index contributed by atoms with van der Waals surface area (Å²) in [6.45, 7) is 1.78. The van der Waals surface area contributed by atoms with Crippen LogP contribution in [0, 0.1) is 0 Å². The minimum absolute atomic E-state index is 0.597. The molecule has 0 aliphatic carbocycles. The molecule has 0 amide bonds. The van der Waals surface area contributed by atoms with Gasteiger partial charge in [-0.25, -0.2) is 0 Å². The van der Waals surface area contributed by atoms with E-state index < -0.39 is 5.72 Å². The molecule has 1 aliphatic heterocycles. The molecule has 8 heavy (non-hydrogen) atoms. The van der Waals surface area contributed by atoms with E-state index in [9.17, 15) is 0 Å². The maximum Gasteiger partial charge on any atom is 0.215 e. The number of hydrogen-bond acceptors (Lipinski definition) is 4. The Balaban J connectivity index is 2.69. The average molecular weight is 113 g/mol. The van der Waals surface area contributed by atoms with E-state index in [1.165, 1.54) is 0 Å². The quantitative estimate of drug-likeness (QED) is 0.496. The van der Waals surface area contributed by atoms with E-state index in [0.29, 0.717) is 0 Å². The maximum absolute atomic E-state index is 4.89. The summed E-state index contributed by atoms with van der Waals surface area (Å²) < 4.78 is 4.89. The van der Waals surface area contributed by atoms with Gasteiger partial charge in [0.15, 0.2) is 0 Å². The first-order valence-electron chi connectivity index (χ1n) is 2.28. The van der Waals surface area contributed by atoms with Crippen LogP contribution in [0.4, 0.5) is 0 Å². The van der Waals surface area contributed by atoms with Gasteiger partial charge >= 0.3 is 0 Å². The summed E-state index contributed by atoms with van der Waals surface area (Å²) in [5.41, 5.74) is -0.597. The van der Waals surface area contributed by atoms with Crippen molar-refractivity contribution in [1.82, 2.24) is 0 Å². The van der Waals surface area contributed by atoms with Gasteiger partial charge in [0.05, 0.1) is 6.21 Å². The molecule has 1 heterocycles. The van der Waals surface area contributed by atoms with E-state index >= 15 is 0 Å². The fraction of sp³-hybridized carbons (Fsp3) is 0.750. The normalized spacial score (nSPS) is 34.2. The highest BCUT2D eigenvalue weighted by atomic mass is 16.5. The van der Waals surface area contributed by atoms with Crippen molar-refractivity contribution in [2.75, 3.05) is 7.11 Å². The Morgan fingerprint density at radius 3 is 2.62 bits per heavy atom. The summed E-state index contributed by atoms with van der Waals surface area (Å²) in [6.07, 6.45) is 1.55. The Morgan fingerprint density at radius 1 is 1.62 bits per heavy atom. The van der Waals surface area contributed by atoms with E-state index in [0.717, 1.165) is 0 Å². The Hall–Kier alpha value is -0.770. The smallest absolute Gasteiger partial charge is 0.215 e. The van der Waals surface area contributed by atoms with Gasteiger partial charge in [0.2, 0.25) is 5.72 Å². The molecule has 1 aliphatic rings. The van der Waals surface area contributed by atoms with Crippen LogP contribution in [0.1, 0.15) is 6.92 Å². The van der Waals surface area contributed by atoms with Crippen LogP contribution in [0.25, 0.3) is 0 Å². The molecule has 0 aromatic heterocycles. The van der Waals surface area contributed by atoms with E-state index in [2.05, 4.69) is 15.4 Å². The molecule has 0 aromatic rings. The zero-order valence-corrected chi connectivity index (χ0v) is 4.83. The Labute approximate surface area is 47.3 Å². The number of ether oxygens (including phenoxy) is 1. The molecular formula is C4H7N3O. The number of hydrogen-bond donors (Lipinski definition) is 0. The second-order valence-corrected chi connectivity index (χ2v) is 1.69. The maximum atomic E-state index is 4.89. The van der Waals surface area contributed by atoms with Gasteiger partial charge < -0.3 is 4.74 Å². The molecule has 4 heteroatoms. The van der Waals surface area contributed by atoms with Crippen LogP contribution in [-0.2, 0) is 4.74 Å². The Morgan fingerprint density at radius 2 is 2.38 bits per heavy atom. The van der Waals surface area contributed by atoms with Crippen LogP contribution in [0.15, 0.2) is 15.4 Å². The number of methoxy groups -OCH3 is 1. The van der Waals surface area contributed by atoms with E-state index in [1.807, 2.05) is 0 Å². The third kappa shape index (κ3) is 0.742. The zero-order chi connectivity index (χ0) is 6.04. The van der Waals surface area contributed by atoms with Gasteiger partial charge in [0, 0.05) is 7.11 Å². The van der Waals surface area contributed by atoms with E-state index in [1.54, 1.807) is 20.2 Å². The molecule has 1 unspecified atom stereocenters. The van der Waals surface area contributed by atoms with Gasteiger partial charge in [-0.3, -0.25) is 0 Å². The lowest BCUT2D eigenvalue weighted by molar-refractivity contribution is 0.0767. The minimum Gasteiger partial charge on any atom is -0.351 e. The number of rotatable bonds is 1. The predicted octanol–water partition coefficient (Wildman–Crippen LogP) is 0.801. The van der Waals surface area contributed by atoms with Crippen molar-refractivity contribution >= 4 is 6.21 Å². The highest BCUT2D eigenvalue weighted by Crippen LogP contribution is 2.12. The molecule has 44 valence electrons. The average Bonchev–Trinajstić information content (AvgIpc) is 2.17.